The summed E-state index contributed by atoms with van der Waals surface area (Å²) < 4.78 is 4.97. The number of carbonyl (C=O) groups excluding carboxylic acids is 1. The molecule has 0 bridgehead atoms. The van der Waals surface area contributed by atoms with Crippen LogP contribution in [0.5, 0.6) is 0 Å². The van der Waals surface area contributed by atoms with Crippen LogP contribution in [-0.2, 0) is 11.3 Å². The van der Waals surface area contributed by atoms with Crippen LogP contribution in [0.4, 0.5) is 10.5 Å². The summed E-state index contributed by atoms with van der Waals surface area (Å²) in [5.74, 6) is 0. The first-order valence-corrected chi connectivity index (χ1v) is 4.93. The van der Waals surface area contributed by atoms with Gasteiger partial charge in [-0.1, -0.05) is 12.1 Å². The lowest BCUT2D eigenvalue weighted by Gasteiger charge is -2.06. The molecule has 0 unspecified atom stereocenters. The van der Waals surface area contributed by atoms with Gasteiger partial charge in [0, 0.05) is 22.1 Å². The Morgan fingerprint density at radius 3 is 2.60 bits per heavy atom. The highest BCUT2D eigenvalue weighted by Gasteiger charge is 2.00. The number of ether oxygens (including phenoxy) is 1. The Morgan fingerprint density at radius 2 is 2.07 bits per heavy atom. The first kappa shape index (κ1) is 11.4. The fourth-order valence-electron chi connectivity index (χ4n) is 1.11. The fourth-order valence-corrected chi connectivity index (χ4v) is 1.11. The molecule has 4 heteroatoms. The van der Waals surface area contributed by atoms with Crippen molar-refractivity contribution in [2.75, 3.05) is 18.9 Å². The number of anilines is 1. The van der Waals surface area contributed by atoms with Gasteiger partial charge in [0.2, 0.25) is 0 Å². The van der Waals surface area contributed by atoms with Gasteiger partial charge in [-0.3, -0.25) is 0 Å². The van der Waals surface area contributed by atoms with E-state index in [-0.39, 0.29) is 8.95 Å². The summed E-state index contributed by atoms with van der Waals surface area (Å²) in [5.41, 5.74) is 2.01. The minimum atomic E-state index is -0.379. The van der Waals surface area contributed by atoms with Gasteiger partial charge in [0.05, 0.1) is 0 Å². The second kappa shape index (κ2) is 5.90. The molecule has 0 radical (unpaired) electrons. The Morgan fingerprint density at radius 1 is 1.40 bits per heavy atom. The zero-order valence-corrected chi connectivity index (χ0v) is 9.04. The minimum Gasteiger partial charge on any atom is -0.445 e. The van der Waals surface area contributed by atoms with E-state index in [1.54, 1.807) is 0 Å². The summed E-state index contributed by atoms with van der Waals surface area (Å²) in [4.78, 5) is 11.0. The van der Waals surface area contributed by atoms with Gasteiger partial charge in [0.15, 0.2) is 0 Å². The second-order valence-corrected chi connectivity index (χ2v) is 3.05. The Hall–Kier alpha value is -1.71. The van der Waals surface area contributed by atoms with Gasteiger partial charge in [-0.2, -0.15) is 0 Å². The van der Waals surface area contributed by atoms with Crippen LogP contribution in [0.15, 0.2) is 24.3 Å². The third kappa shape index (κ3) is 3.89. The molecule has 86 valence electrons. The van der Waals surface area contributed by atoms with Gasteiger partial charge >= 0.3 is 6.09 Å². The molecular weight excluding hydrogens is 192 g/mol. The number of hydrogen-bond acceptors (Lipinski definition) is 3. The van der Waals surface area contributed by atoms with Crippen LogP contribution in [0.25, 0.3) is 0 Å². The van der Waals surface area contributed by atoms with Crippen LogP contribution in [0.3, 0.4) is 0 Å². The van der Waals surface area contributed by atoms with Crippen LogP contribution in [0.1, 0.15) is 15.3 Å². The zero-order chi connectivity index (χ0) is 11.1. The molecule has 0 spiro atoms. The summed E-state index contributed by atoms with van der Waals surface area (Å²) in [7, 11) is 1.86. The highest BCUT2D eigenvalue weighted by atomic mass is 16.5. The van der Waals surface area contributed by atoms with Crippen molar-refractivity contribution >= 4 is 11.8 Å². The molecular formula is C11H20N2O2. The van der Waals surface area contributed by atoms with E-state index < -0.39 is 0 Å². The maximum atomic E-state index is 11.0. The molecule has 0 aliphatic carbocycles. The summed E-state index contributed by atoms with van der Waals surface area (Å²) in [6.07, 6.45) is -0.379. The summed E-state index contributed by atoms with van der Waals surface area (Å²) in [6, 6.07) is 7.73. The van der Waals surface area contributed by atoms with Crippen molar-refractivity contribution in [1.29, 1.82) is 0 Å². The standard InChI is InChI=1S/C11H16N2O2.2H2/c1-3-13-11(14)15-8-9-4-6-10(12-2)7-5-9;;/h4-7,12H,3,8H2,1-2H3,(H,13,14);2*1H. The third-order valence-electron chi connectivity index (χ3n) is 1.93. The number of nitrogens with one attached hydrogen (secondary N) is 2. The van der Waals surface area contributed by atoms with Gasteiger partial charge < -0.3 is 15.4 Å². The Kier molecular flexibility index (Phi) is 4.47. The van der Waals surface area contributed by atoms with Gasteiger partial charge in [0.1, 0.15) is 6.61 Å². The minimum absolute atomic E-state index is 0. The number of hydrogen-bond donors (Lipinski definition) is 2. The summed E-state index contributed by atoms with van der Waals surface area (Å²) in [5, 5.41) is 5.58. The Balaban J connectivity index is 0. The largest absolute Gasteiger partial charge is 0.445 e. The summed E-state index contributed by atoms with van der Waals surface area (Å²) >= 11 is 0. The number of benzene rings is 1. The Bertz CT molecular complexity index is 318. The number of alkyl carbamates (subject to hydrolysis) is 1. The predicted molar refractivity (Wildman–Crippen MR) is 64.1 cm³/mol. The quantitative estimate of drug-likeness (QED) is 0.806. The maximum absolute atomic E-state index is 11.0. The molecule has 0 heterocycles. The lowest BCUT2D eigenvalue weighted by atomic mass is 10.2. The topological polar surface area (TPSA) is 50.4 Å². The smallest absolute Gasteiger partial charge is 0.407 e. The molecule has 1 aromatic carbocycles. The van der Waals surface area contributed by atoms with Crippen molar-refractivity contribution in [3.8, 4) is 0 Å². The molecule has 0 aromatic heterocycles. The van der Waals surface area contributed by atoms with Crippen LogP contribution in [0.2, 0.25) is 0 Å². The average molecular weight is 212 g/mol. The molecule has 1 amide bonds. The van der Waals surface area contributed by atoms with Gasteiger partial charge in [0.25, 0.3) is 0 Å². The fraction of sp³-hybridized carbons (Fsp3) is 0.364. The van der Waals surface area contributed by atoms with E-state index in [4.69, 9.17) is 4.74 Å². The number of amides is 1. The number of rotatable bonds is 4. The Labute approximate surface area is 92.6 Å². The molecule has 0 saturated carbocycles. The van der Waals surface area contributed by atoms with Crippen molar-refractivity contribution < 1.29 is 12.4 Å². The molecule has 0 saturated heterocycles. The van der Waals surface area contributed by atoms with Crippen molar-refractivity contribution in [2.45, 2.75) is 13.5 Å². The molecule has 15 heavy (non-hydrogen) atoms. The van der Waals surface area contributed by atoms with Crippen molar-refractivity contribution in [3.63, 3.8) is 0 Å². The highest BCUT2D eigenvalue weighted by Crippen LogP contribution is 2.09. The van der Waals surface area contributed by atoms with Crippen LogP contribution in [0, 0.1) is 0 Å². The van der Waals surface area contributed by atoms with Gasteiger partial charge in [-0.05, 0) is 24.6 Å². The van der Waals surface area contributed by atoms with E-state index in [1.165, 1.54) is 0 Å². The first-order valence-electron chi connectivity index (χ1n) is 4.93. The van der Waals surface area contributed by atoms with Gasteiger partial charge in [-0.15, -0.1) is 0 Å². The molecule has 0 aliphatic heterocycles. The molecule has 0 atom stereocenters. The van der Waals surface area contributed by atoms with E-state index in [9.17, 15) is 4.79 Å². The summed E-state index contributed by atoms with van der Waals surface area (Å²) in [6.45, 7) is 2.73. The molecule has 0 fully saturated rings. The zero-order valence-electron chi connectivity index (χ0n) is 9.04. The number of carbonyl (C=O) groups is 1. The normalized spacial score (nSPS) is 9.47. The van der Waals surface area contributed by atoms with Crippen LogP contribution < -0.4 is 10.6 Å². The lowest BCUT2D eigenvalue weighted by molar-refractivity contribution is 0.140. The molecule has 1 aromatic rings. The van der Waals surface area contributed by atoms with Crippen molar-refractivity contribution in [2.24, 2.45) is 0 Å². The average Bonchev–Trinajstić information content (AvgIpc) is 2.27. The third-order valence-corrected chi connectivity index (χ3v) is 1.93. The lowest BCUT2D eigenvalue weighted by Crippen LogP contribution is -2.23. The van der Waals surface area contributed by atoms with Crippen molar-refractivity contribution in [1.82, 2.24) is 5.32 Å². The van der Waals surface area contributed by atoms with E-state index in [0.29, 0.717) is 13.2 Å². The molecule has 0 aliphatic rings. The molecule has 1 rings (SSSR count). The van der Waals surface area contributed by atoms with E-state index in [1.807, 2.05) is 38.2 Å². The molecule has 4 nitrogen and oxygen atoms in total. The second-order valence-electron chi connectivity index (χ2n) is 3.05. The van der Waals surface area contributed by atoms with E-state index in [0.717, 1.165) is 11.3 Å². The predicted octanol–water partition coefficient (Wildman–Crippen LogP) is 2.47. The monoisotopic (exact) mass is 212 g/mol. The first-order chi connectivity index (χ1) is 7.26. The van der Waals surface area contributed by atoms with Crippen LogP contribution >= 0.6 is 0 Å². The van der Waals surface area contributed by atoms with E-state index in [2.05, 4.69) is 10.6 Å². The SMILES string of the molecule is CCNC(=O)OCc1ccc(NC)cc1.[HH].[HH]. The van der Waals surface area contributed by atoms with Crippen LogP contribution in [-0.4, -0.2) is 19.7 Å². The van der Waals surface area contributed by atoms with E-state index >= 15 is 0 Å². The molecule has 2 N–H and O–H groups in total. The maximum Gasteiger partial charge on any atom is 0.407 e. The van der Waals surface area contributed by atoms with Gasteiger partial charge in [-0.25, -0.2) is 4.79 Å². The van der Waals surface area contributed by atoms with Crippen molar-refractivity contribution in [3.05, 3.63) is 29.8 Å². The highest BCUT2D eigenvalue weighted by molar-refractivity contribution is 5.67.